The predicted molar refractivity (Wildman–Crippen MR) is 49.7 cm³/mol. The first-order chi connectivity index (χ1) is 6.02. The SMILES string of the molecule is CC1(C)CCCC1NOCC(N)=O. The van der Waals surface area contributed by atoms with E-state index in [0.29, 0.717) is 6.04 Å². The van der Waals surface area contributed by atoms with Gasteiger partial charge in [-0.3, -0.25) is 9.63 Å². The van der Waals surface area contributed by atoms with Gasteiger partial charge < -0.3 is 5.73 Å². The molecule has 1 saturated carbocycles. The summed E-state index contributed by atoms with van der Waals surface area (Å²) in [6.07, 6.45) is 3.51. The Bertz CT molecular complexity index is 192. The van der Waals surface area contributed by atoms with E-state index in [9.17, 15) is 4.79 Å². The van der Waals surface area contributed by atoms with E-state index in [2.05, 4.69) is 19.3 Å². The molecule has 4 nitrogen and oxygen atoms in total. The van der Waals surface area contributed by atoms with Crippen molar-refractivity contribution in [2.24, 2.45) is 11.1 Å². The van der Waals surface area contributed by atoms with Crippen LogP contribution in [0.1, 0.15) is 33.1 Å². The first kappa shape index (κ1) is 10.5. The Morgan fingerprint density at radius 3 is 2.85 bits per heavy atom. The molecule has 1 unspecified atom stereocenters. The quantitative estimate of drug-likeness (QED) is 0.631. The van der Waals surface area contributed by atoms with Crippen LogP contribution in [0.4, 0.5) is 0 Å². The highest BCUT2D eigenvalue weighted by molar-refractivity contribution is 5.74. The number of hydroxylamine groups is 1. The average molecular weight is 186 g/mol. The van der Waals surface area contributed by atoms with Crippen molar-refractivity contribution < 1.29 is 9.63 Å². The van der Waals surface area contributed by atoms with Crippen LogP contribution in [0.3, 0.4) is 0 Å². The lowest BCUT2D eigenvalue weighted by atomic mass is 9.88. The van der Waals surface area contributed by atoms with Gasteiger partial charge in [-0.2, -0.15) is 5.48 Å². The van der Waals surface area contributed by atoms with Crippen molar-refractivity contribution in [1.29, 1.82) is 0 Å². The number of nitrogens with two attached hydrogens (primary N) is 1. The van der Waals surface area contributed by atoms with Gasteiger partial charge in [0.1, 0.15) is 6.61 Å². The Hall–Kier alpha value is -0.610. The van der Waals surface area contributed by atoms with Crippen molar-refractivity contribution in [3.05, 3.63) is 0 Å². The van der Waals surface area contributed by atoms with E-state index < -0.39 is 5.91 Å². The Morgan fingerprint density at radius 1 is 1.69 bits per heavy atom. The van der Waals surface area contributed by atoms with Crippen LogP contribution in [0.25, 0.3) is 0 Å². The minimum Gasteiger partial charge on any atom is -0.368 e. The fraction of sp³-hybridized carbons (Fsp3) is 0.889. The maximum atomic E-state index is 10.4. The molecule has 0 aromatic rings. The van der Waals surface area contributed by atoms with E-state index in [4.69, 9.17) is 10.6 Å². The lowest BCUT2D eigenvalue weighted by Crippen LogP contribution is -2.39. The van der Waals surface area contributed by atoms with Gasteiger partial charge in [-0.05, 0) is 18.3 Å². The molecule has 1 atom stereocenters. The zero-order valence-corrected chi connectivity index (χ0v) is 8.30. The molecule has 0 spiro atoms. The Morgan fingerprint density at radius 2 is 2.38 bits per heavy atom. The lowest BCUT2D eigenvalue weighted by molar-refractivity contribution is -0.126. The zero-order chi connectivity index (χ0) is 9.90. The molecule has 76 valence electrons. The van der Waals surface area contributed by atoms with E-state index in [0.717, 1.165) is 6.42 Å². The standard InChI is InChI=1S/C9H18N2O2/c1-9(2)5-3-4-7(9)11-13-6-8(10)12/h7,11H,3-6H2,1-2H3,(H2,10,12). The van der Waals surface area contributed by atoms with E-state index in [-0.39, 0.29) is 12.0 Å². The van der Waals surface area contributed by atoms with Crippen LogP contribution < -0.4 is 11.2 Å². The molecule has 1 aliphatic rings. The van der Waals surface area contributed by atoms with Crippen molar-refractivity contribution in [2.75, 3.05) is 6.61 Å². The molecule has 0 bridgehead atoms. The normalized spacial score (nSPS) is 26.2. The summed E-state index contributed by atoms with van der Waals surface area (Å²) in [4.78, 5) is 15.4. The summed E-state index contributed by atoms with van der Waals surface area (Å²) < 4.78 is 0. The minimum absolute atomic E-state index is 0.0490. The molecule has 0 heterocycles. The van der Waals surface area contributed by atoms with Gasteiger partial charge >= 0.3 is 0 Å². The number of nitrogens with one attached hydrogen (secondary N) is 1. The third kappa shape index (κ3) is 2.97. The zero-order valence-electron chi connectivity index (χ0n) is 8.30. The Balaban J connectivity index is 2.25. The van der Waals surface area contributed by atoms with Gasteiger partial charge in [-0.25, -0.2) is 0 Å². The fourth-order valence-corrected chi connectivity index (χ4v) is 1.76. The minimum atomic E-state index is -0.441. The highest BCUT2D eigenvalue weighted by Gasteiger charge is 2.34. The predicted octanol–water partition coefficient (Wildman–Crippen LogP) is 0.572. The molecule has 0 saturated heterocycles. The number of primary amides is 1. The molecule has 13 heavy (non-hydrogen) atoms. The summed E-state index contributed by atoms with van der Waals surface area (Å²) in [6, 6.07) is 0.340. The van der Waals surface area contributed by atoms with Crippen LogP contribution in [0.5, 0.6) is 0 Å². The molecular formula is C9H18N2O2. The average Bonchev–Trinajstić information content (AvgIpc) is 2.30. The Labute approximate surface area is 78.8 Å². The highest BCUT2D eigenvalue weighted by atomic mass is 16.6. The van der Waals surface area contributed by atoms with E-state index >= 15 is 0 Å². The van der Waals surface area contributed by atoms with E-state index in [1.54, 1.807) is 0 Å². The number of amides is 1. The van der Waals surface area contributed by atoms with Crippen molar-refractivity contribution in [3.63, 3.8) is 0 Å². The molecule has 1 rings (SSSR count). The topological polar surface area (TPSA) is 64.3 Å². The largest absolute Gasteiger partial charge is 0.368 e. The molecule has 1 aliphatic carbocycles. The molecule has 0 radical (unpaired) electrons. The number of hydrogen-bond acceptors (Lipinski definition) is 3. The van der Waals surface area contributed by atoms with Crippen LogP contribution in [0.15, 0.2) is 0 Å². The fourth-order valence-electron chi connectivity index (χ4n) is 1.76. The smallest absolute Gasteiger partial charge is 0.245 e. The van der Waals surface area contributed by atoms with E-state index in [1.807, 2.05) is 0 Å². The van der Waals surface area contributed by atoms with Gasteiger partial charge in [0, 0.05) is 6.04 Å². The van der Waals surface area contributed by atoms with Crippen molar-refractivity contribution >= 4 is 5.91 Å². The molecule has 1 amide bonds. The molecule has 4 heteroatoms. The first-order valence-corrected chi connectivity index (χ1v) is 4.68. The number of rotatable bonds is 4. The third-order valence-corrected chi connectivity index (χ3v) is 2.70. The summed E-state index contributed by atoms with van der Waals surface area (Å²) in [5.41, 5.74) is 8.10. The van der Waals surface area contributed by atoms with Crippen LogP contribution in [-0.4, -0.2) is 18.6 Å². The summed E-state index contributed by atoms with van der Waals surface area (Å²) in [6.45, 7) is 4.35. The Kier molecular flexibility index (Phi) is 3.27. The van der Waals surface area contributed by atoms with Gasteiger partial charge in [-0.1, -0.05) is 20.3 Å². The van der Waals surface area contributed by atoms with Gasteiger partial charge in [0.2, 0.25) is 5.91 Å². The van der Waals surface area contributed by atoms with Crippen LogP contribution >= 0.6 is 0 Å². The molecule has 1 fully saturated rings. The second-order valence-electron chi connectivity index (χ2n) is 4.31. The summed E-state index contributed by atoms with van der Waals surface area (Å²) >= 11 is 0. The molecule has 3 N–H and O–H groups in total. The van der Waals surface area contributed by atoms with Crippen LogP contribution in [0.2, 0.25) is 0 Å². The molecule has 0 aromatic carbocycles. The number of hydrogen-bond donors (Lipinski definition) is 2. The summed E-state index contributed by atoms with van der Waals surface area (Å²) in [5.74, 6) is -0.441. The highest BCUT2D eigenvalue weighted by Crippen LogP contribution is 2.36. The molecule has 0 aliphatic heterocycles. The lowest BCUT2D eigenvalue weighted by Gasteiger charge is -2.26. The summed E-state index contributed by atoms with van der Waals surface area (Å²) in [7, 11) is 0. The monoisotopic (exact) mass is 186 g/mol. The number of carbonyl (C=O) groups is 1. The second kappa shape index (κ2) is 4.07. The maximum Gasteiger partial charge on any atom is 0.245 e. The van der Waals surface area contributed by atoms with Gasteiger partial charge in [0.15, 0.2) is 0 Å². The van der Waals surface area contributed by atoms with Crippen molar-refractivity contribution in [3.8, 4) is 0 Å². The van der Waals surface area contributed by atoms with Gasteiger partial charge in [-0.15, -0.1) is 0 Å². The maximum absolute atomic E-state index is 10.4. The summed E-state index contributed by atoms with van der Waals surface area (Å²) in [5, 5.41) is 0. The van der Waals surface area contributed by atoms with Gasteiger partial charge in [0.25, 0.3) is 0 Å². The van der Waals surface area contributed by atoms with Crippen molar-refractivity contribution in [1.82, 2.24) is 5.48 Å². The van der Waals surface area contributed by atoms with Crippen molar-refractivity contribution in [2.45, 2.75) is 39.2 Å². The number of carbonyl (C=O) groups excluding carboxylic acids is 1. The van der Waals surface area contributed by atoms with Crippen LogP contribution in [-0.2, 0) is 9.63 Å². The first-order valence-electron chi connectivity index (χ1n) is 4.68. The molecule has 0 aromatic heterocycles. The van der Waals surface area contributed by atoms with Crippen LogP contribution in [0, 0.1) is 5.41 Å². The third-order valence-electron chi connectivity index (χ3n) is 2.70. The van der Waals surface area contributed by atoms with Gasteiger partial charge in [0.05, 0.1) is 0 Å². The van der Waals surface area contributed by atoms with E-state index in [1.165, 1.54) is 12.8 Å². The second-order valence-corrected chi connectivity index (χ2v) is 4.31. The molecular weight excluding hydrogens is 168 g/mol.